The van der Waals surface area contributed by atoms with Crippen LogP contribution in [-0.4, -0.2) is 28.3 Å². The first-order valence-corrected chi connectivity index (χ1v) is 13.3. The number of halogens is 6. The van der Waals surface area contributed by atoms with E-state index < -0.39 is 55.3 Å². The lowest BCUT2D eigenvalue weighted by Gasteiger charge is -2.29. The van der Waals surface area contributed by atoms with E-state index in [0.29, 0.717) is 4.90 Å². The van der Waals surface area contributed by atoms with Crippen molar-refractivity contribution in [3.63, 3.8) is 0 Å². The maximum Gasteiger partial charge on any atom is 0.435 e. The number of oxime groups is 1. The van der Waals surface area contributed by atoms with Gasteiger partial charge >= 0.3 is 6.18 Å². The zero-order valence-corrected chi connectivity index (χ0v) is 21.6. The quantitative estimate of drug-likeness (QED) is 0.243. The van der Waals surface area contributed by atoms with Crippen LogP contribution < -0.4 is 0 Å². The Morgan fingerprint density at radius 3 is 2.16 bits per heavy atom. The second kappa shape index (κ2) is 9.74. The molecule has 0 bridgehead atoms. The van der Waals surface area contributed by atoms with E-state index in [1.165, 1.54) is 30.5 Å². The highest BCUT2D eigenvalue weighted by Crippen LogP contribution is 2.50. The average Bonchev–Trinajstić information content (AvgIpc) is 3.29. The van der Waals surface area contributed by atoms with Crippen molar-refractivity contribution >= 4 is 44.5 Å². The molecule has 3 aromatic rings. The predicted molar refractivity (Wildman–Crippen MR) is 133 cm³/mol. The van der Waals surface area contributed by atoms with Crippen molar-refractivity contribution in [3.05, 3.63) is 98.8 Å². The number of carbonyl (C=O) groups is 1. The van der Waals surface area contributed by atoms with Crippen molar-refractivity contribution in [1.29, 1.82) is 0 Å². The minimum Gasteiger partial charge on any atom is -0.374 e. The molecule has 1 heterocycles. The molecule has 3 aromatic carbocycles. The molecule has 4 rings (SSSR count). The van der Waals surface area contributed by atoms with Crippen LogP contribution in [0.1, 0.15) is 33.5 Å². The van der Waals surface area contributed by atoms with Crippen molar-refractivity contribution in [3.8, 4) is 0 Å². The summed E-state index contributed by atoms with van der Waals surface area (Å²) in [5.74, 6) is -1.79. The number of amides is 1. The fraction of sp³-hybridized carbons (Fsp3) is 0.200. The number of carbonyl (C=O) groups excluding carboxylic acids is 1. The van der Waals surface area contributed by atoms with Gasteiger partial charge in [0.1, 0.15) is 0 Å². The van der Waals surface area contributed by atoms with Crippen molar-refractivity contribution in [1.82, 2.24) is 0 Å². The van der Waals surface area contributed by atoms with E-state index >= 15 is 0 Å². The van der Waals surface area contributed by atoms with Gasteiger partial charge < -0.3 is 4.84 Å². The van der Waals surface area contributed by atoms with Gasteiger partial charge in [0.2, 0.25) is 0 Å². The SMILES string of the molecule is Cc1ccc(S(C)(=O)=NC(=O)c2ccc(C3=NOC(c4cc(Cl)c(F)c(Cl)c4)(C(F)(F)F)C3)cc2)cc1. The van der Waals surface area contributed by atoms with Crippen molar-refractivity contribution < 1.29 is 31.4 Å². The van der Waals surface area contributed by atoms with Crippen LogP contribution in [0.5, 0.6) is 0 Å². The molecule has 37 heavy (non-hydrogen) atoms. The normalized spacial score (nSPS) is 19.1. The second-order valence-electron chi connectivity index (χ2n) is 8.47. The largest absolute Gasteiger partial charge is 0.435 e. The first-order chi connectivity index (χ1) is 17.2. The van der Waals surface area contributed by atoms with Crippen LogP contribution in [-0.2, 0) is 20.2 Å². The zero-order chi connectivity index (χ0) is 27.2. The summed E-state index contributed by atoms with van der Waals surface area (Å²) in [6, 6.07) is 13.8. The van der Waals surface area contributed by atoms with E-state index in [9.17, 15) is 26.6 Å². The van der Waals surface area contributed by atoms with Crippen LogP contribution in [0.25, 0.3) is 0 Å². The molecular formula is C25H18Cl2F4N2O3S. The fourth-order valence-corrected chi connectivity index (χ4v) is 5.36. The summed E-state index contributed by atoms with van der Waals surface area (Å²) < 4.78 is 73.2. The van der Waals surface area contributed by atoms with Crippen LogP contribution in [0, 0.1) is 12.7 Å². The molecule has 2 unspecified atom stereocenters. The number of aryl methyl sites for hydroxylation is 1. The molecule has 0 saturated carbocycles. The lowest BCUT2D eigenvalue weighted by atomic mass is 9.86. The van der Waals surface area contributed by atoms with Gasteiger partial charge in [0.25, 0.3) is 11.5 Å². The van der Waals surface area contributed by atoms with E-state index in [1.807, 2.05) is 6.92 Å². The van der Waals surface area contributed by atoms with E-state index in [4.69, 9.17) is 28.0 Å². The highest BCUT2D eigenvalue weighted by atomic mass is 35.5. The maximum absolute atomic E-state index is 14.2. The van der Waals surface area contributed by atoms with E-state index in [0.717, 1.165) is 17.7 Å². The minimum absolute atomic E-state index is 0.0659. The summed E-state index contributed by atoms with van der Waals surface area (Å²) in [6.07, 6.45) is -4.35. The molecule has 12 heteroatoms. The Morgan fingerprint density at radius 1 is 1.05 bits per heavy atom. The minimum atomic E-state index is -4.95. The highest BCUT2D eigenvalue weighted by Gasteiger charge is 2.62. The van der Waals surface area contributed by atoms with Crippen LogP contribution >= 0.6 is 23.2 Å². The van der Waals surface area contributed by atoms with Gasteiger partial charge in [0.15, 0.2) is 5.82 Å². The summed E-state index contributed by atoms with van der Waals surface area (Å²) >= 11 is 11.4. The van der Waals surface area contributed by atoms with Crippen LogP contribution in [0.3, 0.4) is 0 Å². The van der Waals surface area contributed by atoms with Gasteiger partial charge in [-0.15, -0.1) is 0 Å². The number of alkyl halides is 3. The molecule has 5 nitrogen and oxygen atoms in total. The third kappa shape index (κ3) is 5.23. The van der Waals surface area contributed by atoms with Crippen LogP contribution in [0.15, 0.2) is 75.1 Å². The number of benzene rings is 3. The Bertz CT molecular complexity index is 1510. The number of hydrogen-bond acceptors (Lipinski definition) is 4. The van der Waals surface area contributed by atoms with Gasteiger partial charge in [-0.1, -0.05) is 58.2 Å². The van der Waals surface area contributed by atoms with E-state index in [-0.39, 0.29) is 16.8 Å². The standard InChI is InChI=1S/C25H18Cl2F4N2O3S/c1-14-3-9-18(10-4-14)37(2,35)33-23(34)16-7-5-15(6-8-16)21-13-24(36-32-21,25(29,30)31)17-11-19(26)22(28)20(27)12-17/h3-12H,13H2,1-2H3. The molecule has 0 spiro atoms. The molecule has 0 aromatic heterocycles. The Labute approximate surface area is 220 Å². The molecule has 1 amide bonds. The topological polar surface area (TPSA) is 68.1 Å². The summed E-state index contributed by atoms with van der Waals surface area (Å²) in [7, 11) is -3.01. The molecule has 2 atom stereocenters. The lowest BCUT2D eigenvalue weighted by Crippen LogP contribution is -2.42. The fourth-order valence-electron chi connectivity index (χ4n) is 3.71. The van der Waals surface area contributed by atoms with Crippen LogP contribution in [0.4, 0.5) is 17.6 Å². The van der Waals surface area contributed by atoms with Crippen LogP contribution in [0.2, 0.25) is 10.0 Å². The lowest BCUT2D eigenvalue weighted by molar-refractivity contribution is -0.275. The van der Waals surface area contributed by atoms with Gasteiger partial charge in [0, 0.05) is 28.7 Å². The molecule has 194 valence electrons. The second-order valence-corrected chi connectivity index (χ2v) is 11.5. The van der Waals surface area contributed by atoms with Gasteiger partial charge in [-0.2, -0.15) is 17.5 Å². The maximum atomic E-state index is 14.2. The summed E-state index contributed by atoms with van der Waals surface area (Å²) in [6.45, 7) is 1.87. The van der Waals surface area contributed by atoms with Gasteiger partial charge in [-0.25, -0.2) is 8.60 Å². The number of rotatable bonds is 4. The van der Waals surface area contributed by atoms with Gasteiger partial charge in [0.05, 0.1) is 25.5 Å². The Hall–Kier alpha value is -2.95. The summed E-state index contributed by atoms with van der Waals surface area (Å²) in [4.78, 5) is 17.9. The molecule has 0 fully saturated rings. The molecule has 0 N–H and O–H groups in total. The van der Waals surface area contributed by atoms with Gasteiger partial charge in [-0.3, -0.25) is 4.79 Å². The molecule has 1 aliphatic rings. The Kier molecular flexibility index (Phi) is 7.13. The third-order valence-corrected chi connectivity index (χ3v) is 8.03. The van der Waals surface area contributed by atoms with Crippen molar-refractivity contribution in [2.45, 2.75) is 30.0 Å². The van der Waals surface area contributed by atoms with Crippen molar-refractivity contribution in [2.75, 3.05) is 6.26 Å². The number of nitrogens with zero attached hydrogens (tertiary/aromatic N) is 2. The summed E-state index contributed by atoms with van der Waals surface area (Å²) in [5.41, 5.74) is -2.21. The van der Waals surface area contributed by atoms with Gasteiger partial charge in [-0.05, 0) is 48.9 Å². The Balaban J connectivity index is 1.60. The van der Waals surface area contributed by atoms with Crippen molar-refractivity contribution in [2.24, 2.45) is 9.52 Å². The number of hydrogen-bond donors (Lipinski definition) is 0. The summed E-state index contributed by atoms with van der Waals surface area (Å²) in [5, 5.41) is 2.45. The zero-order valence-electron chi connectivity index (χ0n) is 19.3. The highest BCUT2D eigenvalue weighted by molar-refractivity contribution is 7.93. The van der Waals surface area contributed by atoms with E-state index in [2.05, 4.69) is 9.52 Å². The molecular weight excluding hydrogens is 555 g/mol. The van der Waals surface area contributed by atoms with E-state index in [1.54, 1.807) is 24.3 Å². The average molecular weight is 573 g/mol. The Morgan fingerprint density at radius 2 is 1.62 bits per heavy atom. The predicted octanol–water partition coefficient (Wildman–Crippen LogP) is 7.32. The molecule has 0 aliphatic carbocycles. The monoisotopic (exact) mass is 572 g/mol. The first kappa shape index (κ1) is 27.1. The molecule has 0 saturated heterocycles. The molecule has 1 aliphatic heterocycles. The molecule has 0 radical (unpaired) electrons. The third-order valence-electron chi connectivity index (χ3n) is 5.82. The smallest absolute Gasteiger partial charge is 0.374 e. The first-order valence-electron chi connectivity index (χ1n) is 10.6.